The first-order valence-electron chi connectivity index (χ1n) is 14.4. The van der Waals surface area contributed by atoms with Crippen LogP contribution in [0.5, 0.6) is 0 Å². The van der Waals surface area contributed by atoms with E-state index in [0.717, 1.165) is 44.7 Å². The van der Waals surface area contributed by atoms with Gasteiger partial charge in [-0.15, -0.1) is 0 Å². The molecule has 0 amide bonds. The normalized spacial score (nSPS) is 25.9. The molecule has 9 N–H and O–H groups in total. The number of rotatable bonds is 9. The van der Waals surface area contributed by atoms with Crippen LogP contribution in [0.1, 0.15) is 32.9 Å². The summed E-state index contributed by atoms with van der Waals surface area (Å²) in [5.74, 6) is 1.28. The lowest BCUT2D eigenvalue weighted by molar-refractivity contribution is -0.0289. The molecular formula is C26H38N12O4S. The second kappa shape index (κ2) is 12.0. The number of fused-ring (bicyclic) bond motifs is 2. The second-order valence-corrected chi connectivity index (χ2v) is 13.0. The molecule has 0 bridgehead atoms. The number of aliphatic hydroxyl groups excluding tert-OH is 2. The summed E-state index contributed by atoms with van der Waals surface area (Å²) in [4.78, 5) is 38.4. The molecule has 0 aliphatic carbocycles. The first kappa shape index (κ1) is 29.7. The van der Waals surface area contributed by atoms with E-state index in [1.54, 1.807) is 16.3 Å². The molecule has 6 heterocycles. The van der Waals surface area contributed by atoms with Crippen LogP contribution in [0.2, 0.25) is 0 Å². The van der Waals surface area contributed by atoms with E-state index in [-0.39, 0.29) is 23.0 Å². The monoisotopic (exact) mass is 614 g/mol. The van der Waals surface area contributed by atoms with Gasteiger partial charge in [0.25, 0.3) is 5.56 Å². The van der Waals surface area contributed by atoms with Gasteiger partial charge in [-0.3, -0.25) is 14.3 Å². The van der Waals surface area contributed by atoms with Gasteiger partial charge in [-0.1, -0.05) is 0 Å². The minimum atomic E-state index is -1.11. The quantitative estimate of drug-likeness (QED) is 0.150. The molecule has 0 spiro atoms. The van der Waals surface area contributed by atoms with Crippen LogP contribution in [0, 0.1) is 0 Å². The van der Waals surface area contributed by atoms with Crippen LogP contribution in [0.25, 0.3) is 11.2 Å². The molecule has 43 heavy (non-hydrogen) atoms. The Kier molecular flexibility index (Phi) is 8.27. The Morgan fingerprint density at radius 1 is 1.19 bits per heavy atom. The van der Waals surface area contributed by atoms with Gasteiger partial charge in [-0.2, -0.15) is 16.7 Å². The number of aromatic amines is 1. The molecule has 17 heteroatoms. The van der Waals surface area contributed by atoms with E-state index >= 15 is 0 Å². The molecule has 4 atom stereocenters. The lowest BCUT2D eigenvalue weighted by Crippen LogP contribution is -2.48. The first-order chi connectivity index (χ1) is 20.6. The van der Waals surface area contributed by atoms with Crippen molar-refractivity contribution < 1.29 is 14.9 Å². The number of aromatic nitrogens is 6. The third-order valence-corrected chi connectivity index (χ3v) is 9.70. The van der Waals surface area contributed by atoms with E-state index in [9.17, 15) is 15.0 Å². The number of piperidine rings is 1. The van der Waals surface area contributed by atoms with Gasteiger partial charge in [0.15, 0.2) is 29.2 Å². The van der Waals surface area contributed by atoms with Crippen molar-refractivity contribution in [3.8, 4) is 0 Å². The molecule has 6 rings (SSSR count). The lowest BCUT2D eigenvalue weighted by Gasteiger charge is -2.34. The Bertz CT molecular complexity index is 1550. The third-order valence-electron chi connectivity index (χ3n) is 8.24. The number of imidazole rings is 1. The smallest absolute Gasteiger partial charge is 0.280 e. The van der Waals surface area contributed by atoms with Crippen molar-refractivity contribution in [1.29, 1.82) is 0 Å². The van der Waals surface area contributed by atoms with Crippen molar-refractivity contribution in [2.24, 2.45) is 4.99 Å². The minimum absolute atomic E-state index is 0.0598. The number of thioether (sulfide) groups is 1. The first-order valence-corrected chi connectivity index (χ1v) is 15.4. The summed E-state index contributed by atoms with van der Waals surface area (Å²) in [6, 6.07) is 0. The van der Waals surface area contributed by atoms with Crippen molar-refractivity contribution in [2.75, 3.05) is 55.3 Å². The molecule has 232 valence electrons. The number of nitrogens with zero attached hydrogens (tertiary/aromatic N) is 7. The summed E-state index contributed by atoms with van der Waals surface area (Å²) in [7, 11) is 0. The fraction of sp³-hybridized carbons (Fsp3) is 0.615. The van der Waals surface area contributed by atoms with E-state index < -0.39 is 30.1 Å². The number of H-pyrrole nitrogens is 1. The Labute approximate surface area is 251 Å². The predicted octanol–water partition coefficient (Wildman–Crippen LogP) is -0.543. The highest BCUT2D eigenvalue weighted by Gasteiger charge is 2.44. The van der Waals surface area contributed by atoms with Gasteiger partial charge in [0.05, 0.1) is 23.7 Å². The Morgan fingerprint density at radius 3 is 2.77 bits per heavy atom. The maximum atomic E-state index is 12.3. The molecule has 3 aliphatic heterocycles. The van der Waals surface area contributed by atoms with Gasteiger partial charge in [0, 0.05) is 30.6 Å². The highest BCUT2D eigenvalue weighted by molar-refractivity contribution is 7.99. The average Bonchev–Trinajstić information content (AvgIpc) is 3.52. The third kappa shape index (κ3) is 6.05. The highest BCUT2D eigenvalue weighted by Crippen LogP contribution is 2.35. The standard InChI is InChI=1S/C26H38N12O4S/c1-26(2)15(33-17-21(36-26)34-25(28)35-23(17)41)9-29-5-8-37-6-3-13(4-7-37)43-10-14-18(39)19(40)24(42-14)38-12-32-16-20(27)30-11-31-22(16)38/h11-14,18-19,24,29,39-40H,3-10H2,1-2H3,(H2,27,30,31)(H4,28,34,35,36,41)/t14-,18-,19-,24-/m1/s1. The van der Waals surface area contributed by atoms with Crippen molar-refractivity contribution in [2.45, 2.75) is 62.0 Å². The SMILES string of the molecule is CC1(C)Nc2nc(N)[nH]c(=O)c2N=C1CNCCN1CCC(SC[C@H]2O[C@@H](n3cnc4c(N)ncnc43)[C@H](O)[C@@H]2O)CC1. The molecule has 3 aliphatic rings. The summed E-state index contributed by atoms with van der Waals surface area (Å²) in [5.41, 5.74) is 12.7. The summed E-state index contributed by atoms with van der Waals surface area (Å²) in [6.45, 7) is 8.19. The second-order valence-electron chi connectivity index (χ2n) is 11.6. The van der Waals surface area contributed by atoms with Crippen LogP contribution in [0.4, 0.5) is 23.3 Å². The van der Waals surface area contributed by atoms with Gasteiger partial charge < -0.3 is 42.0 Å². The molecule has 16 nitrogen and oxygen atoms in total. The maximum Gasteiger partial charge on any atom is 0.280 e. The zero-order chi connectivity index (χ0) is 30.3. The highest BCUT2D eigenvalue weighted by atomic mass is 32.2. The number of nitrogen functional groups attached to an aromatic ring is 2. The van der Waals surface area contributed by atoms with Crippen LogP contribution >= 0.6 is 11.8 Å². The van der Waals surface area contributed by atoms with Gasteiger partial charge >= 0.3 is 0 Å². The van der Waals surface area contributed by atoms with Crippen LogP contribution in [-0.2, 0) is 4.74 Å². The number of nitrogens with two attached hydrogens (primary N) is 2. The summed E-state index contributed by atoms with van der Waals surface area (Å²) in [6.07, 6.45) is 1.45. The Balaban J connectivity index is 0.938. The topological polar surface area (TPSA) is 231 Å². The predicted molar refractivity (Wildman–Crippen MR) is 165 cm³/mol. The largest absolute Gasteiger partial charge is 0.387 e. The van der Waals surface area contributed by atoms with Gasteiger partial charge in [-0.25, -0.2) is 19.9 Å². The number of aliphatic hydroxyl groups is 2. The van der Waals surface area contributed by atoms with Crippen LogP contribution in [0.15, 0.2) is 22.4 Å². The Hall–Kier alpha value is -3.35. The fourth-order valence-corrected chi connectivity index (χ4v) is 6.99. The number of likely N-dealkylation sites (tertiary alicyclic amines) is 1. The molecule has 0 radical (unpaired) electrons. The molecule has 0 saturated carbocycles. The molecule has 2 saturated heterocycles. The fourth-order valence-electron chi connectivity index (χ4n) is 5.71. The molecule has 2 fully saturated rings. The molecule has 0 unspecified atom stereocenters. The summed E-state index contributed by atoms with van der Waals surface area (Å²) in [5, 5.41) is 28.6. The Morgan fingerprint density at radius 2 is 1.98 bits per heavy atom. The van der Waals surface area contributed by atoms with Crippen molar-refractivity contribution >= 4 is 51.9 Å². The maximum absolute atomic E-state index is 12.3. The summed E-state index contributed by atoms with van der Waals surface area (Å²) >= 11 is 1.78. The molecule has 0 aromatic carbocycles. The van der Waals surface area contributed by atoms with Crippen molar-refractivity contribution in [3.63, 3.8) is 0 Å². The lowest BCUT2D eigenvalue weighted by atomic mass is 9.96. The summed E-state index contributed by atoms with van der Waals surface area (Å²) < 4.78 is 7.69. The number of nitrogens with one attached hydrogen (secondary N) is 3. The number of hydrogen-bond acceptors (Lipinski definition) is 15. The number of anilines is 3. The van der Waals surface area contributed by atoms with Gasteiger partial charge in [0.2, 0.25) is 5.95 Å². The van der Waals surface area contributed by atoms with Crippen LogP contribution < -0.4 is 27.7 Å². The zero-order valence-corrected chi connectivity index (χ0v) is 24.9. The van der Waals surface area contributed by atoms with E-state index in [1.165, 1.54) is 12.7 Å². The van der Waals surface area contributed by atoms with Gasteiger partial charge in [0.1, 0.15) is 24.1 Å². The number of hydrogen-bond donors (Lipinski definition) is 7. The van der Waals surface area contributed by atoms with Crippen LogP contribution in [-0.4, -0.2) is 118 Å². The van der Waals surface area contributed by atoms with Gasteiger partial charge in [-0.05, 0) is 39.8 Å². The average molecular weight is 615 g/mol. The van der Waals surface area contributed by atoms with E-state index in [1.807, 2.05) is 13.8 Å². The minimum Gasteiger partial charge on any atom is -0.387 e. The molecule has 3 aromatic rings. The van der Waals surface area contributed by atoms with E-state index in [2.05, 4.69) is 45.4 Å². The van der Waals surface area contributed by atoms with Crippen LogP contribution in [0.3, 0.4) is 0 Å². The van der Waals surface area contributed by atoms with E-state index in [0.29, 0.717) is 34.5 Å². The molecular weight excluding hydrogens is 576 g/mol. The number of aliphatic imine (C=N–C) groups is 1. The van der Waals surface area contributed by atoms with Crippen molar-refractivity contribution in [1.82, 2.24) is 39.7 Å². The van der Waals surface area contributed by atoms with Crippen molar-refractivity contribution in [3.05, 3.63) is 23.0 Å². The van der Waals surface area contributed by atoms with E-state index in [4.69, 9.17) is 16.2 Å². The number of ether oxygens (including phenoxy) is 1. The molecule has 3 aromatic heterocycles. The zero-order valence-electron chi connectivity index (χ0n) is 24.1.